The van der Waals surface area contributed by atoms with Crippen molar-refractivity contribution in [3.63, 3.8) is 0 Å². The van der Waals surface area contributed by atoms with Crippen LogP contribution in [-0.2, 0) is 4.79 Å². The van der Waals surface area contributed by atoms with Gasteiger partial charge in [0, 0.05) is 11.8 Å². The van der Waals surface area contributed by atoms with Gasteiger partial charge in [0.05, 0.1) is 12.7 Å². The van der Waals surface area contributed by atoms with Crippen molar-refractivity contribution >= 4 is 5.78 Å². The Balaban J connectivity index is 1.70. The molecule has 3 heteroatoms. The van der Waals surface area contributed by atoms with E-state index in [1.807, 2.05) is 12.2 Å². The molecule has 3 fully saturated rings. The van der Waals surface area contributed by atoms with E-state index in [4.69, 9.17) is 0 Å². The molecule has 6 atom stereocenters. The highest BCUT2D eigenvalue weighted by Crippen LogP contribution is 2.66. The second-order valence-electron chi connectivity index (χ2n) is 8.96. The van der Waals surface area contributed by atoms with Gasteiger partial charge in [0.2, 0.25) is 0 Å². The second-order valence-corrected chi connectivity index (χ2v) is 8.96. The summed E-state index contributed by atoms with van der Waals surface area (Å²) in [6.07, 6.45) is 10.4. The third-order valence-electron chi connectivity index (χ3n) is 8.25. The molecule has 3 nitrogen and oxygen atoms in total. The first-order valence-electron chi connectivity index (χ1n) is 9.63. The highest BCUT2D eigenvalue weighted by molar-refractivity contribution is 5.92. The molecule has 4 rings (SSSR count). The van der Waals surface area contributed by atoms with E-state index in [9.17, 15) is 15.0 Å². The summed E-state index contributed by atoms with van der Waals surface area (Å²) in [6, 6.07) is 0. The van der Waals surface area contributed by atoms with Crippen molar-refractivity contribution in [3.05, 3.63) is 23.3 Å². The van der Waals surface area contributed by atoms with Gasteiger partial charge >= 0.3 is 0 Å². The summed E-state index contributed by atoms with van der Waals surface area (Å²) in [4.78, 5) is 11.9. The van der Waals surface area contributed by atoms with Gasteiger partial charge in [0.15, 0.2) is 5.78 Å². The molecular formula is C21H30O3. The minimum Gasteiger partial charge on any atom is -0.392 e. The Bertz CT molecular complexity index is 619. The molecule has 2 N–H and O–H groups in total. The third-order valence-corrected chi connectivity index (χ3v) is 8.25. The summed E-state index contributed by atoms with van der Waals surface area (Å²) in [6.45, 7) is 4.77. The van der Waals surface area contributed by atoms with Crippen LogP contribution in [0.2, 0.25) is 0 Å². The molecule has 0 aromatic carbocycles. The van der Waals surface area contributed by atoms with Gasteiger partial charge < -0.3 is 10.2 Å². The van der Waals surface area contributed by atoms with E-state index in [1.54, 1.807) is 0 Å². The zero-order chi connectivity index (χ0) is 17.1. The topological polar surface area (TPSA) is 57.5 Å². The van der Waals surface area contributed by atoms with Gasteiger partial charge in [-0.1, -0.05) is 31.1 Å². The van der Waals surface area contributed by atoms with Gasteiger partial charge in [-0.15, -0.1) is 0 Å². The predicted octanol–water partition coefficient (Wildman–Crippen LogP) is 3.41. The maximum absolute atomic E-state index is 11.9. The van der Waals surface area contributed by atoms with Crippen molar-refractivity contribution in [2.45, 2.75) is 64.9 Å². The molecule has 0 spiro atoms. The Morgan fingerprint density at radius 1 is 1.21 bits per heavy atom. The molecule has 4 aliphatic rings. The average molecular weight is 330 g/mol. The Morgan fingerprint density at radius 3 is 2.75 bits per heavy atom. The molecule has 24 heavy (non-hydrogen) atoms. The molecule has 4 aliphatic carbocycles. The fourth-order valence-corrected chi connectivity index (χ4v) is 6.90. The number of rotatable bonds is 1. The van der Waals surface area contributed by atoms with Crippen LogP contribution in [0.15, 0.2) is 23.3 Å². The van der Waals surface area contributed by atoms with Crippen molar-refractivity contribution in [2.75, 3.05) is 6.61 Å². The number of aliphatic hydroxyl groups is 2. The van der Waals surface area contributed by atoms with Crippen molar-refractivity contribution in [1.82, 2.24) is 0 Å². The summed E-state index contributed by atoms with van der Waals surface area (Å²) in [5.74, 6) is 1.89. The number of hydrogen-bond donors (Lipinski definition) is 2. The fourth-order valence-electron chi connectivity index (χ4n) is 6.90. The molecule has 0 aromatic rings. The van der Waals surface area contributed by atoms with Crippen LogP contribution in [0.5, 0.6) is 0 Å². The van der Waals surface area contributed by atoms with Gasteiger partial charge in [-0.05, 0) is 67.8 Å². The highest BCUT2D eigenvalue weighted by atomic mass is 16.3. The number of ketones is 1. The predicted molar refractivity (Wildman–Crippen MR) is 93.3 cm³/mol. The van der Waals surface area contributed by atoms with E-state index in [-0.39, 0.29) is 23.2 Å². The first kappa shape index (κ1) is 16.5. The van der Waals surface area contributed by atoms with E-state index < -0.39 is 6.10 Å². The Kier molecular flexibility index (Phi) is 3.81. The summed E-state index contributed by atoms with van der Waals surface area (Å²) < 4.78 is 0. The fraction of sp³-hybridized carbons (Fsp3) is 0.762. The molecule has 0 aliphatic heterocycles. The van der Waals surface area contributed by atoms with E-state index in [2.05, 4.69) is 13.8 Å². The number of allylic oxidation sites excluding steroid dienone is 1. The maximum atomic E-state index is 11.9. The molecule has 0 radical (unpaired) electrons. The van der Waals surface area contributed by atoms with Crippen molar-refractivity contribution in [3.8, 4) is 0 Å². The Labute approximate surface area is 144 Å². The molecule has 0 heterocycles. The second kappa shape index (κ2) is 5.54. The highest BCUT2D eigenvalue weighted by Gasteiger charge is 2.59. The van der Waals surface area contributed by atoms with Crippen molar-refractivity contribution in [2.24, 2.45) is 28.6 Å². The van der Waals surface area contributed by atoms with E-state index >= 15 is 0 Å². The molecule has 0 amide bonds. The number of carbonyl (C=O) groups excluding carboxylic acids is 1. The summed E-state index contributed by atoms with van der Waals surface area (Å²) >= 11 is 0. The van der Waals surface area contributed by atoms with Crippen LogP contribution in [0.3, 0.4) is 0 Å². The molecule has 132 valence electrons. The number of fused-ring (bicyclic) bond motifs is 5. The maximum Gasteiger partial charge on any atom is 0.158 e. The number of aliphatic hydroxyl groups excluding tert-OH is 2. The zero-order valence-corrected chi connectivity index (χ0v) is 14.9. The van der Waals surface area contributed by atoms with E-state index in [0.29, 0.717) is 24.2 Å². The lowest BCUT2D eigenvalue weighted by atomic mass is 9.46. The molecule has 1 unspecified atom stereocenters. The van der Waals surface area contributed by atoms with E-state index in [0.717, 1.165) is 32.1 Å². The van der Waals surface area contributed by atoms with Crippen LogP contribution in [-0.4, -0.2) is 28.7 Å². The van der Waals surface area contributed by atoms with Crippen LogP contribution in [0.4, 0.5) is 0 Å². The van der Waals surface area contributed by atoms with Crippen LogP contribution in [0.25, 0.3) is 0 Å². The van der Waals surface area contributed by atoms with E-state index in [1.165, 1.54) is 17.6 Å². The smallest absolute Gasteiger partial charge is 0.158 e. The SMILES string of the molecule is C[C@]12CC[C@H]3[C@@H](CCC4=CC(=O)CC(O)[C@@]43C)[C@@H]1CCC2=CCO. The molecular weight excluding hydrogens is 300 g/mol. The standard InChI is InChI=1S/C21H30O3/c1-20-9-7-18-16(17(20)6-4-13(20)8-10-22)5-3-14-11-15(23)12-19(24)21(14,18)2/h8,11,16-19,22,24H,3-7,9-10,12H2,1-2H3/t16-,17-,18-,19?,20+,21-/m0/s1. The van der Waals surface area contributed by atoms with Crippen molar-refractivity contribution in [1.29, 1.82) is 0 Å². The van der Waals surface area contributed by atoms with Gasteiger partial charge in [0.1, 0.15) is 0 Å². The lowest BCUT2D eigenvalue weighted by Gasteiger charge is -2.58. The summed E-state index contributed by atoms with van der Waals surface area (Å²) in [5.41, 5.74) is 2.69. The van der Waals surface area contributed by atoms with Gasteiger partial charge in [-0.3, -0.25) is 4.79 Å². The molecule has 0 saturated heterocycles. The molecule has 0 aromatic heterocycles. The van der Waals surface area contributed by atoms with Gasteiger partial charge in [-0.2, -0.15) is 0 Å². The largest absolute Gasteiger partial charge is 0.392 e. The monoisotopic (exact) mass is 330 g/mol. The van der Waals surface area contributed by atoms with Gasteiger partial charge in [0.25, 0.3) is 0 Å². The van der Waals surface area contributed by atoms with Crippen LogP contribution in [0, 0.1) is 28.6 Å². The third kappa shape index (κ3) is 2.07. The lowest BCUT2D eigenvalue weighted by Crippen LogP contribution is -2.54. The van der Waals surface area contributed by atoms with Crippen molar-refractivity contribution < 1.29 is 15.0 Å². The van der Waals surface area contributed by atoms with Gasteiger partial charge in [-0.25, -0.2) is 0 Å². The first-order chi connectivity index (χ1) is 11.4. The first-order valence-corrected chi connectivity index (χ1v) is 9.63. The Hall–Kier alpha value is -0.930. The molecule has 3 saturated carbocycles. The molecule has 0 bridgehead atoms. The zero-order valence-electron chi connectivity index (χ0n) is 14.9. The number of carbonyl (C=O) groups is 1. The summed E-state index contributed by atoms with van der Waals surface area (Å²) in [7, 11) is 0. The summed E-state index contributed by atoms with van der Waals surface area (Å²) in [5, 5.41) is 20.2. The quantitative estimate of drug-likeness (QED) is 0.725. The van der Waals surface area contributed by atoms with Crippen LogP contribution in [0.1, 0.15) is 58.8 Å². The number of hydrogen-bond acceptors (Lipinski definition) is 3. The van der Waals surface area contributed by atoms with Crippen LogP contribution >= 0.6 is 0 Å². The minimum absolute atomic E-state index is 0.100. The normalized spacial score (nSPS) is 49.4. The lowest BCUT2D eigenvalue weighted by molar-refractivity contribution is -0.125. The Morgan fingerprint density at radius 2 is 2.00 bits per heavy atom. The minimum atomic E-state index is -0.518. The van der Waals surface area contributed by atoms with Crippen LogP contribution < -0.4 is 0 Å². The average Bonchev–Trinajstić information content (AvgIpc) is 2.86.